The summed E-state index contributed by atoms with van der Waals surface area (Å²) in [5, 5.41) is 6.64. The minimum absolute atomic E-state index is 0.233. The highest BCUT2D eigenvalue weighted by Crippen LogP contribution is 2.52. The molecule has 3 rings (SSSR count). The molecule has 2 fully saturated rings. The fourth-order valence-corrected chi connectivity index (χ4v) is 3.81. The smallest absolute Gasteiger partial charge is 0.182 e. The van der Waals surface area contributed by atoms with Gasteiger partial charge in [0, 0.05) is 35.6 Å². The standard InChI is InChI=1S/C12H18N2OS/c1-12(2)9(14-11-13-5-7-16-11)8-4-3-6-15-10(8)12/h5,7-10H,3-4,6H2,1-2H3,(H,13,14). The summed E-state index contributed by atoms with van der Waals surface area (Å²) in [5.41, 5.74) is 0.233. The topological polar surface area (TPSA) is 34.2 Å². The van der Waals surface area contributed by atoms with Crippen LogP contribution in [0.2, 0.25) is 0 Å². The van der Waals surface area contributed by atoms with E-state index in [0.717, 1.165) is 11.7 Å². The minimum atomic E-state index is 0.233. The van der Waals surface area contributed by atoms with E-state index in [1.165, 1.54) is 12.8 Å². The predicted molar refractivity (Wildman–Crippen MR) is 65.8 cm³/mol. The third-order valence-electron chi connectivity index (χ3n) is 4.04. The fourth-order valence-electron chi connectivity index (χ4n) is 3.24. The van der Waals surface area contributed by atoms with Crippen LogP contribution in [0.1, 0.15) is 26.7 Å². The zero-order chi connectivity index (χ0) is 11.2. The summed E-state index contributed by atoms with van der Waals surface area (Å²) in [4.78, 5) is 4.31. The summed E-state index contributed by atoms with van der Waals surface area (Å²) in [6.45, 7) is 5.53. The molecule has 2 aliphatic rings. The van der Waals surface area contributed by atoms with Crippen molar-refractivity contribution in [2.45, 2.75) is 38.8 Å². The second-order valence-electron chi connectivity index (χ2n) is 5.38. The summed E-state index contributed by atoms with van der Waals surface area (Å²) in [6.07, 6.45) is 4.79. The molecule has 1 saturated heterocycles. The lowest BCUT2D eigenvalue weighted by molar-refractivity contribution is -0.177. The molecule has 2 heterocycles. The van der Waals surface area contributed by atoms with Gasteiger partial charge in [-0.3, -0.25) is 0 Å². The number of hydrogen-bond donors (Lipinski definition) is 1. The number of nitrogens with one attached hydrogen (secondary N) is 1. The Hall–Kier alpha value is -0.610. The van der Waals surface area contributed by atoms with Crippen molar-refractivity contribution in [2.24, 2.45) is 11.3 Å². The third-order valence-corrected chi connectivity index (χ3v) is 4.75. The molecule has 0 aromatic carbocycles. The van der Waals surface area contributed by atoms with Crippen LogP contribution in [0.3, 0.4) is 0 Å². The number of rotatable bonds is 2. The molecule has 1 aromatic heterocycles. The molecule has 1 saturated carbocycles. The molecular weight excluding hydrogens is 220 g/mol. The van der Waals surface area contributed by atoms with Gasteiger partial charge in [0.15, 0.2) is 5.13 Å². The monoisotopic (exact) mass is 238 g/mol. The molecule has 0 spiro atoms. The first kappa shape index (κ1) is 10.5. The highest BCUT2D eigenvalue weighted by atomic mass is 32.1. The van der Waals surface area contributed by atoms with Gasteiger partial charge in [0.25, 0.3) is 0 Å². The number of nitrogens with zero attached hydrogens (tertiary/aromatic N) is 1. The Morgan fingerprint density at radius 2 is 2.44 bits per heavy atom. The summed E-state index contributed by atoms with van der Waals surface area (Å²) in [7, 11) is 0. The Morgan fingerprint density at radius 1 is 1.56 bits per heavy atom. The Balaban J connectivity index is 1.75. The molecule has 0 amide bonds. The number of anilines is 1. The van der Waals surface area contributed by atoms with E-state index in [-0.39, 0.29) is 5.41 Å². The van der Waals surface area contributed by atoms with Crippen molar-refractivity contribution < 1.29 is 4.74 Å². The maximum Gasteiger partial charge on any atom is 0.182 e. The molecule has 16 heavy (non-hydrogen) atoms. The van der Waals surface area contributed by atoms with Crippen LogP contribution in [0.4, 0.5) is 5.13 Å². The van der Waals surface area contributed by atoms with E-state index >= 15 is 0 Å². The first-order valence-corrected chi connectivity index (χ1v) is 6.85. The molecule has 3 nitrogen and oxygen atoms in total. The van der Waals surface area contributed by atoms with Crippen molar-refractivity contribution in [3.63, 3.8) is 0 Å². The second kappa shape index (κ2) is 3.70. The van der Waals surface area contributed by atoms with E-state index in [2.05, 4.69) is 24.1 Å². The van der Waals surface area contributed by atoms with Crippen LogP contribution in [0.15, 0.2) is 11.6 Å². The average molecular weight is 238 g/mol. The summed E-state index contributed by atoms with van der Waals surface area (Å²) in [5.74, 6) is 0.674. The van der Waals surface area contributed by atoms with Crippen LogP contribution < -0.4 is 5.32 Å². The van der Waals surface area contributed by atoms with E-state index in [1.807, 2.05) is 11.6 Å². The maximum atomic E-state index is 5.88. The predicted octanol–water partition coefficient (Wildman–Crippen LogP) is 2.76. The highest BCUT2D eigenvalue weighted by Gasteiger charge is 2.58. The average Bonchev–Trinajstić information content (AvgIpc) is 2.79. The van der Waals surface area contributed by atoms with Gasteiger partial charge in [-0.15, -0.1) is 11.3 Å². The Bertz CT molecular complexity index is 363. The van der Waals surface area contributed by atoms with Gasteiger partial charge in [-0.25, -0.2) is 4.98 Å². The number of fused-ring (bicyclic) bond motifs is 1. The Morgan fingerprint density at radius 3 is 3.19 bits per heavy atom. The van der Waals surface area contributed by atoms with Gasteiger partial charge in [-0.1, -0.05) is 13.8 Å². The quantitative estimate of drug-likeness (QED) is 0.860. The van der Waals surface area contributed by atoms with Crippen molar-refractivity contribution >= 4 is 16.5 Å². The molecule has 1 aromatic rings. The van der Waals surface area contributed by atoms with Crippen molar-refractivity contribution in [3.8, 4) is 0 Å². The maximum absolute atomic E-state index is 5.88. The molecule has 1 N–H and O–H groups in total. The van der Waals surface area contributed by atoms with Gasteiger partial charge in [-0.05, 0) is 12.8 Å². The van der Waals surface area contributed by atoms with Crippen LogP contribution in [-0.2, 0) is 4.74 Å². The van der Waals surface area contributed by atoms with E-state index < -0.39 is 0 Å². The molecule has 3 unspecified atom stereocenters. The van der Waals surface area contributed by atoms with Gasteiger partial charge >= 0.3 is 0 Å². The summed E-state index contributed by atoms with van der Waals surface area (Å²) in [6, 6.07) is 0.518. The Labute approximate surface area is 100 Å². The molecule has 88 valence electrons. The SMILES string of the molecule is CC1(C)C(Nc2nccs2)C2CCCOC21. The molecule has 4 heteroatoms. The van der Waals surface area contributed by atoms with Gasteiger partial charge in [0.05, 0.1) is 6.10 Å². The van der Waals surface area contributed by atoms with Gasteiger partial charge in [0.1, 0.15) is 0 Å². The largest absolute Gasteiger partial charge is 0.377 e. The molecule has 1 aliphatic carbocycles. The second-order valence-corrected chi connectivity index (χ2v) is 6.27. The lowest BCUT2D eigenvalue weighted by Crippen LogP contribution is -2.67. The number of ether oxygens (including phenoxy) is 1. The molecule has 1 aliphatic heterocycles. The van der Waals surface area contributed by atoms with Crippen LogP contribution in [-0.4, -0.2) is 23.7 Å². The third kappa shape index (κ3) is 1.47. The number of aromatic nitrogens is 1. The highest BCUT2D eigenvalue weighted by molar-refractivity contribution is 7.13. The zero-order valence-corrected chi connectivity index (χ0v) is 10.6. The van der Waals surface area contributed by atoms with E-state index in [1.54, 1.807) is 11.3 Å². The van der Waals surface area contributed by atoms with Crippen molar-refractivity contribution in [1.82, 2.24) is 4.98 Å². The van der Waals surface area contributed by atoms with Crippen molar-refractivity contribution in [3.05, 3.63) is 11.6 Å². The Kier molecular flexibility index (Phi) is 2.44. The van der Waals surface area contributed by atoms with Gasteiger partial charge < -0.3 is 10.1 Å². The lowest BCUT2D eigenvalue weighted by atomic mass is 9.55. The molecular formula is C12H18N2OS. The van der Waals surface area contributed by atoms with Crippen LogP contribution in [0.25, 0.3) is 0 Å². The van der Waals surface area contributed by atoms with Crippen LogP contribution in [0.5, 0.6) is 0 Å². The van der Waals surface area contributed by atoms with Crippen LogP contribution >= 0.6 is 11.3 Å². The lowest BCUT2D eigenvalue weighted by Gasteiger charge is -2.59. The molecule has 0 bridgehead atoms. The normalized spacial score (nSPS) is 36.2. The molecule has 0 radical (unpaired) electrons. The van der Waals surface area contributed by atoms with Crippen molar-refractivity contribution in [2.75, 3.05) is 11.9 Å². The minimum Gasteiger partial charge on any atom is -0.377 e. The van der Waals surface area contributed by atoms with Gasteiger partial charge in [0.2, 0.25) is 0 Å². The molecule has 3 atom stereocenters. The van der Waals surface area contributed by atoms with E-state index in [0.29, 0.717) is 18.1 Å². The van der Waals surface area contributed by atoms with Crippen molar-refractivity contribution in [1.29, 1.82) is 0 Å². The first-order chi connectivity index (χ1) is 7.69. The summed E-state index contributed by atoms with van der Waals surface area (Å²) < 4.78 is 5.88. The zero-order valence-electron chi connectivity index (χ0n) is 9.77. The van der Waals surface area contributed by atoms with E-state index in [9.17, 15) is 0 Å². The number of hydrogen-bond acceptors (Lipinski definition) is 4. The number of thiazole rings is 1. The summed E-state index contributed by atoms with van der Waals surface area (Å²) >= 11 is 1.68. The first-order valence-electron chi connectivity index (χ1n) is 5.97. The fraction of sp³-hybridized carbons (Fsp3) is 0.750. The van der Waals surface area contributed by atoms with Crippen LogP contribution in [0, 0.1) is 11.3 Å². The van der Waals surface area contributed by atoms with E-state index in [4.69, 9.17) is 4.74 Å². The van der Waals surface area contributed by atoms with Gasteiger partial charge in [-0.2, -0.15) is 0 Å².